The van der Waals surface area contributed by atoms with Gasteiger partial charge in [0.15, 0.2) is 0 Å². The Morgan fingerprint density at radius 2 is 2.33 bits per heavy atom. The smallest absolute Gasteiger partial charge is 0.316 e. The standard InChI is InChI=1S/C10H13NO3S/c1-10(2,9(12)13)8-11-6-3-4-14-5-7(6)15-8/h3-5H2,1-2H3,(H,12,13). The summed E-state index contributed by atoms with van der Waals surface area (Å²) in [6, 6.07) is 0. The van der Waals surface area contributed by atoms with E-state index in [4.69, 9.17) is 9.84 Å². The van der Waals surface area contributed by atoms with E-state index in [-0.39, 0.29) is 0 Å². The maximum atomic E-state index is 11.1. The van der Waals surface area contributed by atoms with Crippen LogP contribution in [-0.2, 0) is 28.0 Å². The van der Waals surface area contributed by atoms with Crippen molar-refractivity contribution < 1.29 is 14.6 Å². The van der Waals surface area contributed by atoms with Crippen molar-refractivity contribution in [2.45, 2.75) is 32.3 Å². The van der Waals surface area contributed by atoms with Crippen LogP contribution in [0.3, 0.4) is 0 Å². The Morgan fingerprint density at radius 1 is 1.60 bits per heavy atom. The van der Waals surface area contributed by atoms with Crippen LogP contribution in [0.25, 0.3) is 0 Å². The summed E-state index contributed by atoms with van der Waals surface area (Å²) in [5.41, 5.74) is 0.109. The van der Waals surface area contributed by atoms with Crippen LogP contribution >= 0.6 is 11.3 Å². The quantitative estimate of drug-likeness (QED) is 0.833. The molecule has 0 saturated heterocycles. The summed E-state index contributed by atoms with van der Waals surface area (Å²) in [6.07, 6.45) is 0.793. The van der Waals surface area contributed by atoms with Gasteiger partial charge in [-0.3, -0.25) is 4.79 Å². The molecule has 0 bridgehead atoms. The summed E-state index contributed by atoms with van der Waals surface area (Å²) < 4.78 is 5.31. The summed E-state index contributed by atoms with van der Waals surface area (Å²) in [4.78, 5) is 16.5. The molecular formula is C10H13NO3S. The molecular weight excluding hydrogens is 214 g/mol. The Kier molecular flexibility index (Phi) is 2.52. The van der Waals surface area contributed by atoms with Gasteiger partial charge in [-0.15, -0.1) is 11.3 Å². The van der Waals surface area contributed by atoms with E-state index in [1.807, 2.05) is 0 Å². The fourth-order valence-electron chi connectivity index (χ4n) is 1.38. The predicted molar refractivity (Wildman–Crippen MR) is 56.1 cm³/mol. The van der Waals surface area contributed by atoms with Crippen molar-refractivity contribution in [3.05, 3.63) is 15.6 Å². The van der Waals surface area contributed by atoms with Crippen LogP contribution in [0.2, 0.25) is 0 Å². The molecule has 1 aromatic heterocycles. The average molecular weight is 227 g/mol. The van der Waals surface area contributed by atoms with Crippen molar-refractivity contribution in [1.29, 1.82) is 0 Å². The Balaban J connectivity index is 2.37. The number of hydrogen-bond acceptors (Lipinski definition) is 4. The van der Waals surface area contributed by atoms with E-state index < -0.39 is 11.4 Å². The van der Waals surface area contributed by atoms with Gasteiger partial charge in [0.05, 0.1) is 23.8 Å². The number of aliphatic carboxylic acids is 1. The molecule has 0 radical (unpaired) electrons. The summed E-state index contributed by atoms with van der Waals surface area (Å²) in [7, 11) is 0. The summed E-state index contributed by atoms with van der Waals surface area (Å²) >= 11 is 1.45. The number of carboxylic acids is 1. The largest absolute Gasteiger partial charge is 0.481 e. The molecule has 1 aliphatic rings. The third kappa shape index (κ3) is 1.77. The molecule has 0 atom stereocenters. The lowest BCUT2D eigenvalue weighted by Crippen LogP contribution is -2.28. The van der Waals surface area contributed by atoms with Crippen molar-refractivity contribution in [1.82, 2.24) is 4.98 Å². The highest BCUT2D eigenvalue weighted by atomic mass is 32.1. The lowest BCUT2D eigenvalue weighted by molar-refractivity contribution is -0.142. The van der Waals surface area contributed by atoms with E-state index in [0.29, 0.717) is 18.2 Å². The molecule has 0 spiro atoms. The number of carboxylic acid groups (broad SMARTS) is 1. The van der Waals surface area contributed by atoms with Gasteiger partial charge in [0.25, 0.3) is 0 Å². The fourth-order valence-corrected chi connectivity index (χ4v) is 2.52. The van der Waals surface area contributed by atoms with E-state index in [2.05, 4.69) is 4.98 Å². The van der Waals surface area contributed by atoms with Crippen LogP contribution in [0.15, 0.2) is 0 Å². The molecule has 5 heteroatoms. The van der Waals surface area contributed by atoms with Gasteiger partial charge in [-0.2, -0.15) is 0 Å². The third-order valence-corrected chi connectivity index (χ3v) is 3.96. The van der Waals surface area contributed by atoms with Gasteiger partial charge in [0, 0.05) is 6.42 Å². The lowest BCUT2D eigenvalue weighted by atomic mass is 9.95. The molecule has 0 aromatic carbocycles. The number of hydrogen-bond donors (Lipinski definition) is 1. The molecule has 0 fully saturated rings. The molecule has 1 aliphatic heterocycles. The SMILES string of the molecule is CC(C)(C(=O)O)c1nc2c(s1)COCC2. The lowest BCUT2D eigenvalue weighted by Gasteiger charge is -2.14. The van der Waals surface area contributed by atoms with E-state index in [0.717, 1.165) is 17.0 Å². The number of thiazole rings is 1. The van der Waals surface area contributed by atoms with E-state index in [9.17, 15) is 4.79 Å². The molecule has 0 saturated carbocycles. The number of aromatic nitrogens is 1. The molecule has 2 heterocycles. The number of nitrogens with zero attached hydrogens (tertiary/aromatic N) is 1. The second-order valence-corrected chi connectivity index (χ2v) is 5.21. The normalized spacial score (nSPS) is 16.1. The molecule has 15 heavy (non-hydrogen) atoms. The minimum Gasteiger partial charge on any atom is -0.481 e. The monoisotopic (exact) mass is 227 g/mol. The van der Waals surface area contributed by atoms with Crippen LogP contribution in [0, 0.1) is 0 Å². The van der Waals surface area contributed by atoms with Gasteiger partial charge in [-0.05, 0) is 13.8 Å². The number of carbonyl (C=O) groups is 1. The van der Waals surface area contributed by atoms with Gasteiger partial charge in [0.2, 0.25) is 0 Å². The number of ether oxygens (including phenoxy) is 1. The van der Waals surface area contributed by atoms with Crippen LogP contribution in [0.4, 0.5) is 0 Å². The predicted octanol–water partition coefficient (Wildman–Crippen LogP) is 1.58. The Hall–Kier alpha value is -0.940. The Labute approximate surface area is 91.9 Å². The minimum absolute atomic E-state index is 0.572. The van der Waals surface area contributed by atoms with Gasteiger partial charge < -0.3 is 9.84 Å². The second-order valence-electron chi connectivity index (χ2n) is 4.12. The molecule has 0 amide bonds. The first-order valence-corrected chi connectivity index (χ1v) is 5.63. The first-order chi connectivity index (χ1) is 7.01. The first-order valence-electron chi connectivity index (χ1n) is 4.82. The van der Waals surface area contributed by atoms with Gasteiger partial charge in [0.1, 0.15) is 10.4 Å². The Bertz CT molecular complexity index is 374. The van der Waals surface area contributed by atoms with Crippen LogP contribution in [-0.4, -0.2) is 22.7 Å². The molecule has 0 unspecified atom stereocenters. The van der Waals surface area contributed by atoms with E-state index >= 15 is 0 Å². The molecule has 1 aromatic rings. The third-order valence-electron chi connectivity index (χ3n) is 2.56. The molecule has 1 N–H and O–H groups in total. The number of rotatable bonds is 2. The minimum atomic E-state index is -0.901. The van der Waals surface area contributed by atoms with Crippen molar-refractivity contribution in [3.63, 3.8) is 0 Å². The highest BCUT2D eigenvalue weighted by Gasteiger charge is 2.34. The molecule has 82 valence electrons. The zero-order valence-corrected chi connectivity index (χ0v) is 9.56. The Morgan fingerprint density at radius 3 is 2.93 bits per heavy atom. The summed E-state index contributed by atoms with van der Waals surface area (Å²) in [5, 5.41) is 9.76. The number of fused-ring (bicyclic) bond motifs is 1. The van der Waals surface area contributed by atoms with Gasteiger partial charge >= 0.3 is 5.97 Å². The topological polar surface area (TPSA) is 59.4 Å². The summed E-state index contributed by atoms with van der Waals surface area (Å²) in [6.45, 7) is 4.62. The summed E-state index contributed by atoms with van der Waals surface area (Å²) in [5.74, 6) is -0.838. The second kappa shape index (κ2) is 3.57. The van der Waals surface area contributed by atoms with Crippen LogP contribution in [0.5, 0.6) is 0 Å². The zero-order chi connectivity index (χ0) is 11.1. The van der Waals surface area contributed by atoms with Crippen LogP contribution in [0.1, 0.15) is 29.4 Å². The van der Waals surface area contributed by atoms with E-state index in [1.54, 1.807) is 13.8 Å². The molecule has 4 nitrogen and oxygen atoms in total. The first kappa shape index (κ1) is 10.6. The van der Waals surface area contributed by atoms with Crippen molar-refractivity contribution in [2.75, 3.05) is 6.61 Å². The highest BCUT2D eigenvalue weighted by molar-refractivity contribution is 7.12. The van der Waals surface area contributed by atoms with Crippen molar-refractivity contribution in [3.8, 4) is 0 Å². The van der Waals surface area contributed by atoms with Crippen molar-refractivity contribution in [2.24, 2.45) is 0 Å². The molecule has 0 aliphatic carbocycles. The van der Waals surface area contributed by atoms with Gasteiger partial charge in [-0.1, -0.05) is 0 Å². The van der Waals surface area contributed by atoms with Crippen molar-refractivity contribution >= 4 is 17.3 Å². The molecule has 2 rings (SSSR count). The van der Waals surface area contributed by atoms with Crippen LogP contribution < -0.4 is 0 Å². The highest BCUT2D eigenvalue weighted by Crippen LogP contribution is 2.32. The van der Waals surface area contributed by atoms with Gasteiger partial charge in [-0.25, -0.2) is 4.98 Å². The fraction of sp³-hybridized carbons (Fsp3) is 0.600. The maximum Gasteiger partial charge on any atom is 0.316 e. The zero-order valence-electron chi connectivity index (χ0n) is 8.74. The maximum absolute atomic E-state index is 11.1. The van der Waals surface area contributed by atoms with E-state index in [1.165, 1.54) is 11.3 Å². The average Bonchev–Trinajstić information content (AvgIpc) is 2.61.